The van der Waals surface area contributed by atoms with Gasteiger partial charge in [0.2, 0.25) is 6.08 Å². The van der Waals surface area contributed by atoms with E-state index in [9.17, 15) is 0 Å². The van der Waals surface area contributed by atoms with Crippen molar-refractivity contribution in [2.45, 2.75) is 45.6 Å². The Labute approximate surface area is 80.6 Å². The molecule has 1 saturated heterocycles. The van der Waals surface area contributed by atoms with Gasteiger partial charge in [-0.2, -0.15) is 0 Å². The summed E-state index contributed by atoms with van der Waals surface area (Å²) in [7, 11) is 0. The van der Waals surface area contributed by atoms with Crippen LogP contribution >= 0.6 is 0 Å². The predicted molar refractivity (Wildman–Crippen MR) is 54.6 cm³/mol. The van der Waals surface area contributed by atoms with Gasteiger partial charge in [0.25, 0.3) is 0 Å². The van der Waals surface area contributed by atoms with Crippen LogP contribution in [0.25, 0.3) is 0 Å². The molecule has 1 fully saturated rings. The lowest BCUT2D eigenvalue weighted by Crippen LogP contribution is -2.32. The third-order valence-corrected chi connectivity index (χ3v) is 2.13. The Kier molecular flexibility index (Phi) is 8.95. The molecule has 1 atom stereocenters. The van der Waals surface area contributed by atoms with Gasteiger partial charge >= 0.3 is 0 Å². The van der Waals surface area contributed by atoms with Crippen LogP contribution in [0, 0.1) is 0 Å². The second-order valence-corrected chi connectivity index (χ2v) is 3.12. The van der Waals surface area contributed by atoms with Crippen LogP contribution in [-0.2, 0) is 4.79 Å². The first kappa shape index (κ1) is 12.3. The number of nitrogens with one attached hydrogen (secondary N) is 1. The van der Waals surface area contributed by atoms with Crippen LogP contribution in [0.4, 0.5) is 0 Å². The maximum Gasteiger partial charge on any atom is 0.234 e. The third kappa shape index (κ3) is 7.69. The van der Waals surface area contributed by atoms with Crippen molar-refractivity contribution >= 4 is 6.08 Å². The predicted octanol–water partition coefficient (Wildman–Crippen LogP) is 1.88. The molecule has 1 unspecified atom stereocenters. The molecule has 1 rings (SSSR count). The zero-order valence-electron chi connectivity index (χ0n) is 8.68. The van der Waals surface area contributed by atoms with Gasteiger partial charge in [-0.1, -0.05) is 13.3 Å². The molecular weight excluding hydrogens is 164 g/mol. The van der Waals surface area contributed by atoms with E-state index in [0.717, 1.165) is 6.04 Å². The van der Waals surface area contributed by atoms with Gasteiger partial charge in [-0.3, -0.25) is 0 Å². The number of carbonyl (C=O) groups excluding carboxylic acids is 1. The number of aliphatic imine (C=N–C) groups is 1. The second-order valence-electron chi connectivity index (χ2n) is 3.12. The SMILES string of the molecule is CCC1CCCCN1.CCN=C=O. The Bertz CT molecular complexity index is 147. The lowest BCUT2D eigenvalue weighted by atomic mass is 10.0. The molecule has 1 N–H and O–H groups in total. The summed E-state index contributed by atoms with van der Waals surface area (Å²) >= 11 is 0. The molecule has 1 aliphatic heterocycles. The number of rotatable bonds is 2. The van der Waals surface area contributed by atoms with Crippen LogP contribution < -0.4 is 5.32 Å². The first-order valence-electron chi connectivity index (χ1n) is 5.12. The Morgan fingerprint density at radius 2 is 2.23 bits per heavy atom. The minimum Gasteiger partial charge on any atom is -0.314 e. The standard InChI is InChI=1S/C7H15N.C3H5NO/c1-2-7-5-3-4-6-8-7;1-2-4-3-5/h7-8H,2-6H2,1H3;2H2,1H3. The fourth-order valence-corrected chi connectivity index (χ4v) is 1.34. The van der Waals surface area contributed by atoms with Gasteiger partial charge in [0.15, 0.2) is 0 Å². The van der Waals surface area contributed by atoms with Gasteiger partial charge in [-0.15, -0.1) is 0 Å². The van der Waals surface area contributed by atoms with Gasteiger partial charge in [-0.25, -0.2) is 9.79 Å². The monoisotopic (exact) mass is 184 g/mol. The average Bonchev–Trinajstić information content (AvgIpc) is 2.21. The molecule has 0 aromatic rings. The summed E-state index contributed by atoms with van der Waals surface area (Å²) in [6.07, 6.45) is 6.92. The molecule has 0 spiro atoms. The fourth-order valence-electron chi connectivity index (χ4n) is 1.34. The molecule has 1 aliphatic rings. The van der Waals surface area contributed by atoms with Crippen LogP contribution in [0.3, 0.4) is 0 Å². The van der Waals surface area contributed by atoms with Gasteiger partial charge in [0.1, 0.15) is 0 Å². The Morgan fingerprint density at radius 3 is 2.46 bits per heavy atom. The molecule has 0 aliphatic carbocycles. The zero-order valence-corrected chi connectivity index (χ0v) is 8.68. The van der Waals surface area contributed by atoms with E-state index in [4.69, 9.17) is 4.79 Å². The second kappa shape index (κ2) is 9.43. The van der Waals surface area contributed by atoms with Gasteiger partial charge in [0.05, 0.1) is 0 Å². The van der Waals surface area contributed by atoms with E-state index in [-0.39, 0.29) is 0 Å². The highest BCUT2D eigenvalue weighted by atomic mass is 16.1. The van der Waals surface area contributed by atoms with Crippen molar-refractivity contribution in [3.63, 3.8) is 0 Å². The maximum absolute atomic E-state index is 9.11. The molecule has 13 heavy (non-hydrogen) atoms. The molecule has 0 radical (unpaired) electrons. The molecule has 3 nitrogen and oxygen atoms in total. The summed E-state index contributed by atoms with van der Waals surface area (Å²) in [5.74, 6) is 0. The first-order valence-corrected chi connectivity index (χ1v) is 5.12. The van der Waals surface area contributed by atoms with E-state index < -0.39 is 0 Å². The molecule has 0 amide bonds. The maximum atomic E-state index is 9.11. The fraction of sp³-hybridized carbons (Fsp3) is 0.900. The van der Waals surface area contributed by atoms with Crippen LogP contribution in [0.5, 0.6) is 0 Å². The van der Waals surface area contributed by atoms with Crippen LogP contribution in [-0.4, -0.2) is 25.2 Å². The average molecular weight is 184 g/mol. The molecule has 0 aromatic heterocycles. The number of isocyanates is 1. The van der Waals surface area contributed by atoms with E-state index in [1.165, 1.54) is 38.3 Å². The lowest BCUT2D eigenvalue weighted by Gasteiger charge is -2.21. The third-order valence-electron chi connectivity index (χ3n) is 2.13. The van der Waals surface area contributed by atoms with Crippen LogP contribution in [0.2, 0.25) is 0 Å². The molecule has 3 heteroatoms. The summed E-state index contributed by atoms with van der Waals surface area (Å²) in [4.78, 5) is 12.3. The highest BCUT2D eigenvalue weighted by Crippen LogP contribution is 2.08. The summed E-state index contributed by atoms with van der Waals surface area (Å²) in [6.45, 7) is 5.83. The van der Waals surface area contributed by atoms with Crippen molar-refractivity contribution in [3.05, 3.63) is 0 Å². The first-order chi connectivity index (χ1) is 6.35. The van der Waals surface area contributed by atoms with Crippen molar-refractivity contribution in [1.29, 1.82) is 0 Å². The van der Waals surface area contributed by atoms with Crippen molar-refractivity contribution in [1.82, 2.24) is 5.32 Å². The Morgan fingerprint density at radius 1 is 1.46 bits per heavy atom. The van der Waals surface area contributed by atoms with Crippen LogP contribution in [0.1, 0.15) is 39.5 Å². The van der Waals surface area contributed by atoms with E-state index in [1.54, 1.807) is 6.92 Å². The number of piperidine rings is 1. The number of hydrogen-bond acceptors (Lipinski definition) is 3. The van der Waals surface area contributed by atoms with Crippen molar-refractivity contribution in [2.24, 2.45) is 4.99 Å². The molecule has 1 heterocycles. The van der Waals surface area contributed by atoms with Gasteiger partial charge in [-0.05, 0) is 32.7 Å². The molecule has 0 bridgehead atoms. The van der Waals surface area contributed by atoms with Crippen molar-refractivity contribution < 1.29 is 4.79 Å². The molecule has 0 aromatic carbocycles. The van der Waals surface area contributed by atoms with Crippen molar-refractivity contribution in [3.8, 4) is 0 Å². The quantitative estimate of drug-likeness (QED) is 0.526. The number of nitrogens with zero attached hydrogens (tertiary/aromatic N) is 1. The topological polar surface area (TPSA) is 41.5 Å². The molecule has 76 valence electrons. The van der Waals surface area contributed by atoms with E-state index >= 15 is 0 Å². The van der Waals surface area contributed by atoms with Crippen LogP contribution in [0.15, 0.2) is 4.99 Å². The van der Waals surface area contributed by atoms with Gasteiger partial charge in [0, 0.05) is 12.6 Å². The minimum atomic E-state index is 0.545. The Hall–Kier alpha value is -0.660. The highest BCUT2D eigenvalue weighted by molar-refractivity contribution is 5.32. The van der Waals surface area contributed by atoms with E-state index in [0.29, 0.717) is 6.54 Å². The summed E-state index contributed by atoms with van der Waals surface area (Å²) in [5, 5.41) is 3.47. The normalized spacial score (nSPS) is 20.9. The van der Waals surface area contributed by atoms with Gasteiger partial charge < -0.3 is 5.32 Å². The summed E-state index contributed by atoms with van der Waals surface area (Å²) in [6, 6.07) is 0.837. The smallest absolute Gasteiger partial charge is 0.234 e. The lowest BCUT2D eigenvalue weighted by molar-refractivity contribution is 0.393. The largest absolute Gasteiger partial charge is 0.314 e. The summed E-state index contributed by atoms with van der Waals surface area (Å²) < 4.78 is 0. The highest BCUT2D eigenvalue weighted by Gasteiger charge is 2.08. The summed E-state index contributed by atoms with van der Waals surface area (Å²) in [5.41, 5.74) is 0. The van der Waals surface area contributed by atoms with Crippen molar-refractivity contribution in [2.75, 3.05) is 13.1 Å². The zero-order chi connectivity index (χ0) is 9.94. The molecule has 0 saturated carbocycles. The van der Waals surface area contributed by atoms with E-state index in [1.807, 2.05) is 0 Å². The van der Waals surface area contributed by atoms with E-state index in [2.05, 4.69) is 17.2 Å². The minimum absolute atomic E-state index is 0.545. The Balaban J connectivity index is 0.000000252. The number of hydrogen-bond donors (Lipinski definition) is 1. The molecular formula is C10H20N2O.